The highest BCUT2D eigenvalue weighted by Crippen LogP contribution is 2.44. The van der Waals surface area contributed by atoms with Crippen molar-refractivity contribution in [1.82, 2.24) is 4.98 Å². The lowest BCUT2D eigenvalue weighted by molar-refractivity contribution is 0.689. The summed E-state index contributed by atoms with van der Waals surface area (Å²) in [5.74, 6) is 0.627. The third kappa shape index (κ3) is 5.05. The summed E-state index contributed by atoms with van der Waals surface area (Å²) >= 11 is 0. The number of aliphatic imine (C=N–C) groups is 1. The van der Waals surface area contributed by atoms with Gasteiger partial charge in [-0.25, -0.2) is 4.99 Å². The lowest BCUT2D eigenvalue weighted by Gasteiger charge is -2.31. The lowest BCUT2D eigenvalue weighted by atomic mass is 9.73. The number of nitrogens with zero attached hydrogens (tertiary/aromatic N) is 2. The summed E-state index contributed by atoms with van der Waals surface area (Å²) in [6.45, 7) is 0. The van der Waals surface area contributed by atoms with Crippen LogP contribution in [-0.2, 0) is 0 Å². The Morgan fingerprint density at radius 2 is 1.27 bits per heavy atom. The number of rotatable bonds is 4. The number of fused-ring (bicyclic) bond motifs is 7. The number of hydrogen-bond acceptors (Lipinski definition) is 2. The zero-order valence-electron chi connectivity index (χ0n) is 27.9. The van der Waals surface area contributed by atoms with Crippen LogP contribution in [0.15, 0.2) is 198 Å². The molecular weight excluding hydrogens is 617 g/mol. The maximum absolute atomic E-state index is 5.45. The first-order valence-corrected chi connectivity index (χ1v) is 17.6. The quantitative estimate of drug-likeness (QED) is 0.138. The molecule has 10 rings (SSSR count). The van der Waals surface area contributed by atoms with E-state index < -0.39 is 0 Å². The van der Waals surface area contributed by atoms with Gasteiger partial charge < -0.3 is 0 Å². The van der Waals surface area contributed by atoms with Crippen molar-refractivity contribution in [3.8, 4) is 11.3 Å². The molecule has 238 valence electrons. The third-order valence-corrected chi connectivity index (χ3v) is 10.5. The largest absolute Gasteiger partial charge is 0.256 e. The minimum Gasteiger partial charge on any atom is -0.256 e. The van der Waals surface area contributed by atoms with Crippen LogP contribution in [0.1, 0.15) is 28.2 Å². The van der Waals surface area contributed by atoms with E-state index in [1.807, 2.05) is 6.20 Å². The lowest BCUT2D eigenvalue weighted by Crippen LogP contribution is -2.16. The van der Waals surface area contributed by atoms with Gasteiger partial charge in [-0.1, -0.05) is 157 Å². The Morgan fingerprint density at radius 3 is 2.16 bits per heavy atom. The molecule has 0 N–H and O–H groups in total. The van der Waals surface area contributed by atoms with Gasteiger partial charge in [0.2, 0.25) is 0 Å². The van der Waals surface area contributed by atoms with Crippen LogP contribution >= 0.6 is 0 Å². The van der Waals surface area contributed by atoms with Crippen molar-refractivity contribution < 1.29 is 0 Å². The van der Waals surface area contributed by atoms with Crippen molar-refractivity contribution in [1.29, 1.82) is 0 Å². The average molecular weight is 649 g/mol. The second kappa shape index (κ2) is 12.1. The van der Waals surface area contributed by atoms with Crippen LogP contribution in [0.4, 0.5) is 0 Å². The van der Waals surface area contributed by atoms with Crippen LogP contribution in [0.3, 0.4) is 0 Å². The van der Waals surface area contributed by atoms with E-state index in [1.54, 1.807) is 0 Å². The molecule has 2 heterocycles. The molecule has 0 saturated heterocycles. The van der Waals surface area contributed by atoms with Crippen molar-refractivity contribution >= 4 is 49.3 Å². The summed E-state index contributed by atoms with van der Waals surface area (Å²) in [5, 5.41) is 7.17. The van der Waals surface area contributed by atoms with E-state index in [-0.39, 0.29) is 5.92 Å². The molecule has 51 heavy (non-hydrogen) atoms. The maximum Gasteiger partial charge on any atom is 0.113 e. The molecule has 2 nitrogen and oxygen atoms in total. The molecule has 0 fully saturated rings. The zero-order valence-corrected chi connectivity index (χ0v) is 27.9. The SMILES string of the molecule is C1=CC(C2=CC3C=CC=CC3c3ccccc32)=CC(c2cc3ccccc3c3ccccc23)=NC=1c1ccc(-c2nccc3ccccc23)cc1. The molecular formula is C49H32N2. The second-order valence-corrected chi connectivity index (χ2v) is 13.4. The van der Waals surface area contributed by atoms with Crippen LogP contribution in [0, 0.1) is 5.92 Å². The van der Waals surface area contributed by atoms with E-state index in [4.69, 9.17) is 9.98 Å². The molecule has 2 heteroatoms. The first kappa shape index (κ1) is 29.3. The summed E-state index contributed by atoms with van der Waals surface area (Å²) in [5.41, 5.74) is 14.5. The Labute approximate surface area is 297 Å². The van der Waals surface area contributed by atoms with Crippen molar-refractivity contribution in [2.75, 3.05) is 0 Å². The first-order valence-electron chi connectivity index (χ1n) is 17.6. The maximum atomic E-state index is 5.45. The third-order valence-electron chi connectivity index (χ3n) is 10.5. The smallest absolute Gasteiger partial charge is 0.113 e. The highest BCUT2D eigenvalue weighted by atomic mass is 14.8. The van der Waals surface area contributed by atoms with Gasteiger partial charge >= 0.3 is 0 Å². The zero-order chi connectivity index (χ0) is 33.7. The molecule has 2 aliphatic carbocycles. The normalized spacial score (nSPS) is 17.7. The highest BCUT2D eigenvalue weighted by Gasteiger charge is 2.29. The van der Waals surface area contributed by atoms with Gasteiger partial charge in [-0.15, -0.1) is 0 Å². The van der Waals surface area contributed by atoms with E-state index in [1.165, 1.54) is 43.6 Å². The molecule has 6 aromatic carbocycles. The van der Waals surface area contributed by atoms with E-state index in [2.05, 4.69) is 182 Å². The molecule has 0 radical (unpaired) electrons. The molecule has 7 aromatic rings. The Hall–Kier alpha value is -6.60. The summed E-state index contributed by atoms with van der Waals surface area (Å²) in [4.78, 5) is 10.2. The number of hydrogen-bond donors (Lipinski definition) is 0. The predicted octanol–water partition coefficient (Wildman–Crippen LogP) is 12.1. The van der Waals surface area contributed by atoms with Gasteiger partial charge in [0, 0.05) is 40.1 Å². The molecule has 2 atom stereocenters. The van der Waals surface area contributed by atoms with Crippen LogP contribution in [-0.4, -0.2) is 10.7 Å². The summed E-state index contributed by atoms with van der Waals surface area (Å²) < 4.78 is 0. The average Bonchev–Trinajstić information content (AvgIpc) is 3.43. The Morgan fingerprint density at radius 1 is 0.569 bits per heavy atom. The van der Waals surface area contributed by atoms with E-state index in [0.717, 1.165) is 44.8 Å². The summed E-state index contributed by atoms with van der Waals surface area (Å²) in [7, 11) is 0. The monoisotopic (exact) mass is 648 g/mol. The highest BCUT2D eigenvalue weighted by molar-refractivity contribution is 6.24. The van der Waals surface area contributed by atoms with Gasteiger partial charge in [0.15, 0.2) is 0 Å². The van der Waals surface area contributed by atoms with Gasteiger partial charge in [-0.3, -0.25) is 4.98 Å². The van der Waals surface area contributed by atoms with Crippen LogP contribution in [0.5, 0.6) is 0 Å². The van der Waals surface area contributed by atoms with E-state index >= 15 is 0 Å². The van der Waals surface area contributed by atoms with E-state index in [0.29, 0.717) is 5.92 Å². The van der Waals surface area contributed by atoms with Gasteiger partial charge in [0.05, 0.1) is 11.4 Å². The second-order valence-electron chi connectivity index (χ2n) is 13.4. The number of allylic oxidation sites excluding steroid dienone is 9. The fraction of sp³-hybridized carbons (Fsp3) is 0.0408. The summed E-state index contributed by atoms with van der Waals surface area (Å²) in [6, 6.07) is 47.6. The van der Waals surface area contributed by atoms with Crippen LogP contribution in [0.25, 0.3) is 54.8 Å². The predicted molar refractivity (Wildman–Crippen MR) is 214 cm³/mol. The minimum atomic E-state index is 0.290. The first-order chi connectivity index (χ1) is 25.3. The Kier molecular flexibility index (Phi) is 6.94. The molecule has 0 amide bonds. The van der Waals surface area contributed by atoms with Crippen molar-refractivity contribution in [3.63, 3.8) is 0 Å². The number of benzene rings is 6. The summed E-state index contributed by atoms with van der Waals surface area (Å²) in [6.07, 6.45) is 17.7. The van der Waals surface area contributed by atoms with Crippen molar-refractivity contribution in [2.24, 2.45) is 10.9 Å². The standard InChI is InChI=1S/C49H32N2/c1-6-16-40-32(11-1)27-28-50-49(40)34-23-21-33(22-24-34)47-26-25-37(45-29-35-12-2-4-14-38(35)41-17-7-9-19-43(41)45)31-48(51-47)46-30-36-13-3-5-15-39(36)42-18-8-10-20-44(42)46/h1-25,27-31,35,38H. The van der Waals surface area contributed by atoms with Gasteiger partial charge in [0.25, 0.3) is 0 Å². The molecule has 0 spiro atoms. The molecule has 3 aliphatic rings. The molecule has 1 aromatic heterocycles. The van der Waals surface area contributed by atoms with Crippen molar-refractivity contribution in [3.05, 3.63) is 216 Å². The van der Waals surface area contributed by atoms with E-state index in [9.17, 15) is 0 Å². The van der Waals surface area contributed by atoms with Crippen molar-refractivity contribution in [2.45, 2.75) is 5.92 Å². The van der Waals surface area contributed by atoms with Gasteiger partial charge in [0.1, 0.15) is 5.70 Å². The van der Waals surface area contributed by atoms with Gasteiger partial charge in [-0.2, -0.15) is 0 Å². The van der Waals surface area contributed by atoms with Gasteiger partial charge in [-0.05, 0) is 73.5 Å². The van der Waals surface area contributed by atoms with Crippen LogP contribution in [0.2, 0.25) is 0 Å². The fourth-order valence-electron chi connectivity index (χ4n) is 8.02. The molecule has 0 bridgehead atoms. The number of aromatic nitrogens is 1. The fourth-order valence-corrected chi connectivity index (χ4v) is 8.02. The Balaban J connectivity index is 1.17. The Bertz CT molecular complexity index is 2780. The van der Waals surface area contributed by atoms with Crippen LogP contribution < -0.4 is 0 Å². The molecule has 1 aliphatic heterocycles. The molecule has 0 saturated carbocycles. The minimum absolute atomic E-state index is 0.290. The molecule has 2 unspecified atom stereocenters. The number of pyridine rings is 1. The topological polar surface area (TPSA) is 25.2 Å².